The van der Waals surface area contributed by atoms with Crippen molar-refractivity contribution in [2.24, 2.45) is 11.7 Å². The number of fused-ring (bicyclic) bond motifs is 1. The summed E-state index contributed by atoms with van der Waals surface area (Å²) in [7, 11) is 0. The van der Waals surface area contributed by atoms with Crippen LogP contribution in [0.2, 0.25) is 0 Å². The smallest absolute Gasteiger partial charge is 0.273 e. The highest BCUT2D eigenvalue weighted by molar-refractivity contribution is 6.05. The lowest BCUT2D eigenvalue weighted by Crippen LogP contribution is -2.52. The van der Waals surface area contributed by atoms with Gasteiger partial charge in [0.25, 0.3) is 5.91 Å². The van der Waals surface area contributed by atoms with E-state index in [0.717, 1.165) is 81.0 Å². The maximum Gasteiger partial charge on any atom is 0.273 e. The number of rotatable bonds is 6. The molecule has 0 bridgehead atoms. The molecule has 2 saturated heterocycles. The Morgan fingerprint density at radius 2 is 1.66 bits per heavy atom. The van der Waals surface area contributed by atoms with E-state index >= 15 is 0 Å². The molecule has 8 nitrogen and oxygen atoms in total. The summed E-state index contributed by atoms with van der Waals surface area (Å²) in [6.45, 7) is 2.87. The summed E-state index contributed by atoms with van der Waals surface area (Å²) < 4.78 is 5.55. The summed E-state index contributed by atoms with van der Waals surface area (Å²) >= 11 is 0. The molecule has 0 spiro atoms. The topological polar surface area (TPSA) is 96.2 Å². The first-order valence-electron chi connectivity index (χ1n) is 12.9. The quantitative estimate of drug-likeness (QED) is 0.596. The summed E-state index contributed by atoms with van der Waals surface area (Å²) in [6, 6.07) is 6.52. The van der Waals surface area contributed by atoms with Crippen LogP contribution in [0.5, 0.6) is 0 Å². The van der Waals surface area contributed by atoms with Crippen LogP contribution in [0.4, 0.5) is 5.69 Å². The van der Waals surface area contributed by atoms with Crippen molar-refractivity contribution in [2.45, 2.75) is 82.8 Å². The lowest BCUT2D eigenvalue weighted by Gasteiger charge is -2.39. The highest BCUT2D eigenvalue weighted by atomic mass is 35.5. The third kappa shape index (κ3) is 5.34. The van der Waals surface area contributed by atoms with E-state index in [4.69, 9.17) is 10.5 Å². The summed E-state index contributed by atoms with van der Waals surface area (Å²) in [5, 5.41) is 2.47. The van der Waals surface area contributed by atoms with Gasteiger partial charge in [-0.15, -0.1) is 12.4 Å². The van der Waals surface area contributed by atoms with Crippen LogP contribution in [-0.2, 0) is 20.9 Å². The number of nitrogens with zero attached hydrogens (tertiary/aromatic N) is 3. The molecular weight excluding hydrogens is 468 g/mol. The van der Waals surface area contributed by atoms with Crippen LogP contribution in [0.15, 0.2) is 18.2 Å². The molecule has 1 aliphatic carbocycles. The van der Waals surface area contributed by atoms with Gasteiger partial charge in [-0.25, -0.2) is 5.01 Å². The Balaban J connectivity index is 0.00000289. The minimum absolute atomic E-state index is 0. The van der Waals surface area contributed by atoms with Crippen molar-refractivity contribution in [2.75, 3.05) is 24.7 Å². The number of anilines is 1. The third-order valence-corrected chi connectivity index (χ3v) is 8.03. The van der Waals surface area contributed by atoms with Crippen molar-refractivity contribution >= 4 is 35.8 Å². The van der Waals surface area contributed by atoms with E-state index in [9.17, 15) is 14.4 Å². The van der Waals surface area contributed by atoms with Gasteiger partial charge in [0.15, 0.2) is 0 Å². The number of nitrogens with two attached hydrogens (primary N) is 1. The van der Waals surface area contributed by atoms with Crippen LogP contribution < -0.4 is 10.6 Å². The van der Waals surface area contributed by atoms with E-state index < -0.39 is 0 Å². The summed E-state index contributed by atoms with van der Waals surface area (Å²) in [5.41, 5.74) is 8.81. The van der Waals surface area contributed by atoms with Crippen molar-refractivity contribution in [3.05, 3.63) is 29.3 Å². The van der Waals surface area contributed by atoms with Crippen molar-refractivity contribution in [1.29, 1.82) is 0 Å². The van der Waals surface area contributed by atoms with E-state index in [1.807, 2.05) is 12.1 Å². The van der Waals surface area contributed by atoms with Gasteiger partial charge in [-0.05, 0) is 69.4 Å². The van der Waals surface area contributed by atoms with Crippen molar-refractivity contribution in [1.82, 2.24) is 10.0 Å². The van der Waals surface area contributed by atoms with E-state index in [1.165, 1.54) is 5.01 Å². The van der Waals surface area contributed by atoms with E-state index in [0.29, 0.717) is 36.8 Å². The molecule has 2 N–H and O–H groups in total. The number of halogens is 1. The molecule has 4 aliphatic rings. The Bertz CT molecular complexity index is 927. The highest BCUT2D eigenvalue weighted by Gasteiger charge is 2.41. The molecule has 192 valence electrons. The molecule has 0 radical (unpaired) electrons. The Labute approximate surface area is 213 Å². The number of ether oxygens (including phenoxy) is 1. The fraction of sp³-hybridized carbons (Fsp3) is 0.654. The molecule has 3 fully saturated rings. The van der Waals surface area contributed by atoms with Crippen LogP contribution in [0.1, 0.15) is 80.1 Å². The number of imide groups is 1. The number of hydrogen-bond acceptors (Lipinski definition) is 6. The van der Waals surface area contributed by atoms with Crippen LogP contribution >= 0.6 is 12.4 Å². The molecule has 0 unspecified atom stereocenters. The van der Waals surface area contributed by atoms with Crippen molar-refractivity contribution < 1.29 is 19.1 Å². The number of carbonyl (C=O) groups excluding carboxylic acids is 3. The van der Waals surface area contributed by atoms with Gasteiger partial charge in [0.05, 0.1) is 6.54 Å². The first-order chi connectivity index (χ1) is 16.5. The maximum absolute atomic E-state index is 13.3. The molecular formula is C26H37ClN4O4. The Kier molecular flexibility index (Phi) is 8.34. The normalized spacial score (nSPS) is 25.5. The van der Waals surface area contributed by atoms with Gasteiger partial charge in [0.2, 0.25) is 11.8 Å². The standard InChI is InChI=1S/C26H36N4O4.ClH/c27-19-7-9-20(10-8-19)28(14-11-18-12-15-34-16-13-18)23-4-1-3-21-22(23)17-29(26(21)33)30-24(31)5-2-6-25(30)32;/h1,3-4,18-20H,2,5-17,27H2;1H. The number of hydrogen-bond donors (Lipinski definition) is 1. The largest absolute Gasteiger partial charge is 0.381 e. The predicted octanol–water partition coefficient (Wildman–Crippen LogP) is 3.41. The van der Waals surface area contributed by atoms with Gasteiger partial charge in [-0.2, -0.15) is 5.01 Å². The van der Waals surface area contributed by atoms with Gasteiger partial charge < -0.3 is 15.4 Å². The zero-order valence-corrected chi connectivity index (χ0v) is 21.1. The zero-order valence-electron chi connectivity index (χ0n) is 20.3. The summed E-state index contributed by atoms with van der Waals surface area (Å²) in [5.74, 6) is -0.163. The first kappa shape index (κ1) is 25.9. The molecule has 9 heteroatoms. The van der Waals surface area contributed by atoms with Crippen molar-refractivity contribution in [3.63, 3.8) is 0 Å². The number of amides is 3. The SMILES string of the molecule is Cl.NC1CCC(N(CCC2CCOCC2)c2cccc3c2CN(N2C(=O)CCCC2=O)C3=O)CC1. The first-order valence-corrected chi connectivity index (χ1v) is 12.9. The molecule has 5 rings (SSSR count). The molecule has 3 heterocycles. The van der Waals surface area contributed by atoms with Gasteiger partial charge in [0, 0.05) is 61.5 Å². The predicted molar refractivity (Wildman–Crippen MR) is 135 cm³/mol. The van der Waals surface area contributed by atoms with Gasteiger partial charge in [0.1, 0.15) is 0 Å². The molecule has 1 aromatic rings. The summed E-state index contributed by atoms with van der Waals surface area (Å²) in [4.78, 5) is 40.9. The molecule has 35 heavy (non-hydrogen) atoms. The average molecular weight is 505 g/mol. The van der Waals surface area contributed by atoms with Gasteiger partial charge in [-0.1, -0.05) is 6.07 Å². The average Bonchev–Trinajstić information content (AvgIpc) is 3.18. The number of piperidine rings is 1. The van der Waals surface area contributed by atoms with E-state index in [-0.39, 0.29) is 42.7 Å². The van der Waals surface area contributed by atoms with Crippen LogP contribution in [-0.4, -0.2) is 59.6 Å². The molecule has 0 atom stereocenters. The third-order valence-electron chi connectivity index (χ3n) is 8.03. The Hall–Kier alpha value is -2.16. The number of carbonyl (C=O) groups is 3. The molecule has 3 amide bonds. The number of hydrazine groups is 1. The fourth-order valence-corrected chi connectivity index (χ4v) is 6.01. The second-order valence-electron chi connectivity index (χ2n) is 10.2. The molecule has 1 saturated carbocycles. The highest BCUT2D eigenvalue weighted by Crippen LogP contribution is 2.37. The maximum atomic E-state index is 13.3. The monoisotopic (exact) mass is 504 g/mol. The van der Waals surface area contributed by atoms with Gasteiger partial charge >= 0.3 is 0 Å². The van der Waals surface area contributed by atoms with E-state index in [2.05, 4.69) is 11.0 Å². The molecule has 0 aromatic heterocycles. The molecule has 3 aliphatic heterocycles. The Morgan fingerprint density at radius 1 is 0.971 bits per heavy atom. The zero-order chi connectivity index (χ0) is 23.7. The minimum Gasteiger partial charge on any atom is -0.381 e. The fourth-order valence-electron chi connectivity index (χ4n) is 6.01. The minimum atomic E-state index is -0.281. The van der Waals surface area contributed by atoms with Crippen LogP contribution in [0.3, 0.4) is 0 Å². The second kappa shape index (κ2) is 11.3. The molecule has 1 aromatic carbocycles. The summed E-state index contributed by atoms with van der Waals surface area (Å²) in [6.07, 6.45) is 8.55. The van der Waals surface area contributed by atoms with Crippen molar-refractivity contribution in [3.8, 4) is 0 Å². The second-order valence-corrected chi connectivity index (χ2v) is 10.2. The lowest BCUT2D eigenvalue weighted by molar-refractivity contribution is -0.163. The van der Waals surface area contributed by atoms with E-state index in [1.54, 1.807) is 0 Å². The van der Waals surface area contributed by atoms with Crippen LogP contribution in [0, 0.1) is 5.92 Å². The lowest BCUT2D eigenvalue weighted by atomic mass is 9.89. The Morgan fingerprint density at radius 3 is 2.34 bits per heavy atom. The van der Waals surface area contributed by atoms with Crippen LogP contribution in [0.25, 0.3) is 0 Å². The number of benzene rings is 1. The van der Waals surface area contributed by atoms with Gasteiger partial charge in [-0.3, -0.25) is 14.4 Å².